The van der Waals surface area contributed by atoms with E-state index in [1.54, 1.807) is 17.7 Å². The average Bonchev–Trinajstić information content (AvgIpc) is 3.07. The Hall–Kier alpha value is -2.26. The first kappa shape index (κ1) is 11.8. The number of hydrogen-bond donors (Lipinski definition) is 1. The molecular formula is C13H11N5S. The van der Waals surface area contributed by atoms with Crippen molar-refractivity contribution in [3.8, 4) is 16.6 Å². The normalized spacial score (nSPS) is 12.4. The van der Waals surface area contributed by atoms with Crippen molar-refractivity contribution in [2.24, 2.45) is 0 Å². The van der Waals surface area contributed by atoms with E-state index < -0.39 is 0 Å². The average molecular weight is 269 g/mol. The predicted octanol–water partition coefficient (Wildman–Crippen LogP) is 3.10. The molecule has 0 aliphatic heterocycles. The number of H-pyrrole nitrogens is 1. The predicted molar refractivity (Wildman–Crippen MR) is 73.6 cm³/mol. The summed E-state index contributed by atoms with van der Waals surface area (Å²) in [4.78, 5) is 17.0. The summed E-state index contributed by atoms with van der Waals surface area (Å²) in [6.07, 6.45) is 5.70. The summed E-state index contributed by atoms with van der Waals surface area (Å²) in [5.41, 5.74) is 1.71. The van der Waals surface area contributed by atoms with E-state index in [2.05, 4.69) is 26.0 Å². The molecule has 3 rings (SSSR count). The third-order valence-electron chi connectivity index (χ3n) is 2.93. The summed E-state index contributed by atoms with van der Waals surface area (Å²) in [6, 6.07) is 4.14. The highest BCUT2D eigenvalue weighted by Gasteiger charge is 2.14. The highest BCUT2D eigenvalue weighted by molar-refractivity contribution is 7.15. The molecule has 0 aliphatic rings. The van der Waals surface area contributed by atoms with Gasteiger partial charge in [-0.25, -0.2) is 15.0 Å². The van der Waals surface area contributed by atoms with Crippen molar-refractivity contribution in [1.29, 1.82) is 5.26 Å². The van der Waals surface area contributed by atoms with E-state index in [1.807, 2.05) is 25.4 Å². The minimum atomic E-state index is 0.160. The lowest BCUT2D eigenvalue weighted by molar-refractivity contribution is 0.779. The molecule has 0 spiro atoms. The quantitative estimate of drug-likeness (QED) is 0.792. The van der Waals surface area contributed by atoms with Gasteiger partial charge in [0.2, 0.25) is 0 Å². The van der Waals surface area contributed by atoms with Crippen molar-refractivity contribution in [3.05, 3.63) is 29.8 Å². The van der Waals surface area contributed by atoms with E-state index in [0.29, 0.717) is 6.42 Å². The van der Waals surface area contributed by atoms with Crippen molar-refractivity contribution >= 4 is 22.4 Å². The van der Waals surface area contributed by atoms with Gasteiger partial charge in [-0.1, -0.05) is 6.92 Å². The van der Waals surface area contributed by atoms with Crippen LogP contribution >= 0.6 is 11.3 Å². The van der Waals surface area contributed by atoms with Crippen molar-refractivity contribution < 1.29 is 0 Å². The molecule has 94 valence electrons. The van der Waals surface area contributed by atoms with Gasteiger partial charge in [-0.3, -0.25) is 0 Å². The molecule has 0 amide bonds. The minimum Gasteiger partial charge on any atom is -0.346 e. The molecule has 6 heteroatoms. The summed E-state index contributed by atoms with van der Waals surface area (Å²) >= 11 is 1.59. The lowest BCUT2D eigenvalue weighted by Gasteiger charge is -2.00. The first-order valence-electron chi connectivity index (χ1n) is 5.90. The third kappa shape index (κ3) is 2.09. The van der Waals surface area contributed by atoms with Gasteiger partial charge in [-0.2, -0.15) is 5.26 Å². The SMILES string of the molecule is CC(CC#N)c1ncc(-c2ncnc3[nH]ccc23)s1. The molecule has 1 atom stereocenters. The molecule has 0 saturated carbocycles. The number of aromatic amines is 1. The molecule has 0 aromatic carbocycles. The van der Waals surface area contributed by atoms with Gasteiger partial charge in [0, 0.05) is 30.1 Å². The second-order valence-electron chi connectivity index (χ2n) is 4.29. The van der Waals surface area contributed by atoms with Crippen LogP contribution in [0.15, 0.2) is 24.8 Å². The molecule has 0 bridgehead atoms. The van der Waals surface area contributed by atoms with Crippen LogP contribution in [-0.4, -0.2) is 19.9 Å². The van der Waals surface area contributed by atoms with Crippen LogP contribution in [0.2, 0.25) is 0 Å². The van der Waals surface area contributed by atoms with E-state index in [4.69, 9.17) is 5.26 Å². The number of hydrogen-bond acceptors (Lipinski definition) is 5. The maximum atomic E-state index is 8.74. The number of aromatic nitrogens is 4. The molecule has 5 nitrogen and oxygen atoms in total. The van der Waals surface area contributed by atoms with E-state index in [0.717, 1.165) is 26.6 Å². The highest BCUT2D eigenvalue weighted by atomic mass is 32.1. The number of rotatable bonds is 3. The van der Waals surface area contributed by atoms with Crippen LogP contribution in [0.5, 0.6) is 0 Å². The fraction of sp³-hybridized carbons (Fsp3) is 0.231. The van der Waals surface area contributed by atoms with Crippen LogP contribution in [0.4, 0.5) is 0 Å². The smallest absolute Gasteiger partial charge is 0.141 e. The van der Waals surface area contributed by atoms with E-state index in [9.17, 15) is 0 Å². The summed E-state index contributed by atoms with van der Waals surface area (Å²) in [7, 11) is 0. The first-order valence-corrected chi connectivity index (χ1v) is 6.72. The standard InChI is InChI=1S/C13H11N5S/c1-8(2-4-14)13-16-6-10(19-13)11-9-3-5-15-12(9)18-7-17-11/h3,5-8H,2H2,1H3,(H,15,17,18). The zero-order valence-corrected chi connectivity index (χ0v) is 11.1. The number of thiazole rings is 1. The van der Waals surface area contributed by atoms with Crippen LogP contribution in [0.3, 0.4) is 0 Å². The summed E-state index contributed by atoms with van der Waals surface area (Å²) in [5, 5.41) is 10.7. The second kappa shape index (κ2) is 4.78. The molecule has 3 aromatic heterocycles. The summed E-state index contributed by atoms with van der Waals surface area (Å²) in [6.45, 7) is 2.01. The number of nitrogens with zero attached hydrogens (tertiary/aromatic N) is 4. The monoisotopic (exact) mass is 269 g/mol. The van der Waals surface area contributed by atoms with Gasteiger partial charge < -0.3 is 4.98 Å². The fourth-order valence-corrected chi connectivity index (χ4v) is 2.90. The molecule has 0 saturated heterocycles. The number of nitrogens with one attached hydrogen (secondary N) is 1. The number of nitriles is 1. The first-order chi connectivity index (χ1) is 9.29. The Bertz CT molecular complexity index is 752. The number of fused-ring (bicyclic) bond motifs is 1. The van der Waals surface area contributed by atoms with Crippen molar-refractivity contribution in [3.63, 3.8) is 0 Å². The van der Waals surface area contributed by atoms with Crippen LogP contribution in [0.1, 0.15) is 24.3 Å². The Morgan fingerprint density at radius 2 is 2.32 bits per heavy atom. The topological polar surface area (TPSA) is 78.2 Å². The fourth-order valence-electron chi connectivity index (χ4n) is 1.92. The Labute approximate surface area is 114 Å². The molecule has 3 aromatic rings. The Balaban J connectivity index is 2.03. The molecular weight excluding hydrogens is 258 g/mol. The highest BCUT2D eigenvalue weighted by Crippen LogP contribution is 2.32. The van der Waals surface area contributed by atoms with Gasteiger partial charge in [0.25, 0.3) is 0 Å². The van der Waals surface area contributed by atoms with Gasteiger partial charge in [0.1, 0.15) is 12.0 Å². The summed E-state index contributed by atoms with van der Waals surface area (Å²) < 4.78 is 0. The molecule has 3 heterocycles. The van der Waals surface area contributed by atoms with Crippen molar-refractivity contribution in [2.75, 3.05) is 0 Å². The van der Waals surface area contributed by atoms with Gasteiger partial charge in [0.15, 0.2) is 0 Å². The Morgan fingerprint density at radius 1 is 1.42 bits per heavy atom. The zero-order chi connectivity index (χ0) is 13.2. The zero-order valence-electron chi connectivity index (χ0n) is 10.3. The van der Waals surface area contributed by atoms with Crippen LogP contribution in [-0.2, 0) is 0 Å². The molecule has 1 unspecified atom stereocenters. The molecule has 19 heavy (non-hydrogen) atoms. The molecule has 0 radical (unpaired) electrons. The van der Waals surface area contributed by atoms with E-state index in [1.165, 1.54) is 0 Å². The lowest BCUT2D eigenvalue weighted by Crippen LogP contribution is -1.89. The summed E-state index contributed by atoms with van der Waals surface area (Å²) in [5.74, 6) is 0.160. The van der Waals surface area contributed by atoms with Crippen LogP contribution < -0.4 is 0 Å². The largest absolute Gasteiger partial charge is 0.346 e. The van der Waals surface area contributed by atoms with Crippen LogP contribution in [0.25, 0.3) is 21.6 Å². The third-order valence-corrected chi connectivity index (χ3v) is 4.17. The maximum absolute atomic E-state index is 8.74. The Kier molecular flexibility index (Phi) is 2.97. The molecule has 1 N–H and O–H groups in total. The van der Waals surface area contributed by atoms with E-state index in [-0.39, 0.29) is 5.92 Å². The molecule has 0 aliphatic carbocycles. The molecule has 0 fully saturated rings. The Morgan fingerprint density at radius 3 is 3.16 bits per heavy atom. The van der Waals surface area contributed by atoms with Gasteiger partial charge in [0.05, 0.1) is 21.6 Å². The van der Waals surface area contributed by atoms with Gasteiger partial charge >= 0.3 is 0 Å². The van der Waals surface area contributed by atoms with E-state index >= 15 is 0 Å². The lowest BCUT2D eigenvalue weighted by atomic mass is 10.1. The van der Waals surface area contributed by atoms with Gasteiger partial charge in [-0.05, 0) is 6.07 Å². The van der Waals surface area contributed by atoms with Crippen molar-refractivity contribution in [1.82, 2.24) is 19.9 Å². The second-order valence-corrected chi connectivity index (χ2v) is 5.35. The maximum Gasteiger partial charge on any atom is 0.141 e. The van der Waals surface area contributed by atoms with Crippen molar-refractivity contribution in [2.45, 2.75) is 19.3 Å². The van der Waals surface area contributed by atoms with Gasteiger partial charge in [-0.15, -0.1) is 11.3 Å². The minimum absolute atomic E-state index is 0.160. The van der Waals surface area contributed by atoms with Crippen LogP contribution in [0, 0.1) is 11.3 Å².